The summed E-state index contributed by atoms with van der Waals surface area (Å²) < 4.78 is 6.98. The van der Waals surface area contributed by atoms with Gasteiger partial charge < -0.3 is 10.2 Å². The number of carbonyl (C=O) groups is 1. The van der Waals surface area contributed by atoms with E-state index in [1.165, 1.54) is 11.3 Å². The van der Waals surface area contributed by atoms with Crippen molar-refractivity contribution in [1.82, 2.24) is 9.55 Å². The highest BCUT2D eigenvalue weighted by atomic mass is 32.1. The lowest BCUT2D eigenvalue weighted by Crippen LogP contribution is -2.27. The molecule has 0 aliphatic rings. The van der Waals surface area contributed by atoms with Crippen LogP contribution in [0.5, 0.6) is 0 Å². The molecule has 3 aromatic rings. The third-order valence-corrected chi connectivity index (χ3v) is 4.49. The van der Waals surface area contributed by atoms with Gasteiger partial charge in [-0.15, -0.1) is 11.3 Å². The van der Waals surface area contributed by atoms with Gasteiger partial charge in [0, 0.05) is 30.3 Å². The molecule has 0 saturated heterocycles. The minimum Gasteiger partial charge on any atom is -0.464 e. The maximum absolute atomic E-state index is 12.9. The van der Waals surface area contributed by atoms with Crippen LogP contribution in [-0.4, -0.2) is 15.5 Å². The Morgan fingerprint density at radius 3 is 2.96 bits per heavy atom. The van der Waals surface area contributed by atoms with Crippen LogP contribution in [0.3, 0.4) is 0 Å². The monoisotopic (exact) mass is 331 g/mol. The number of hydrogen-bond acceptors (Lipinski definition) is 5. The van der Waals surface area contributed by atoms with Crippen LogP contribution in [-0.2, 0) is 17.8 Å². The molecule has 0 atom stereocenters. The van der Waals surface area contributed by atoms with E-state index in [2.05, 4.69) is 4.98 Å². The molecule has 0 saturated carbocycles. The van der Waals surface area contributed by atoms with E-state index < -0.39 is 5.91 Å². The number of aromatic nitrogens is 2. The van der Waals surface area contributed by atoms with Crippen molar-refractivity contribution in [3.63, 3.8) is 0 Å². The quantitative estimate of drug-likeness (QED) is 0.751. The summed E-state index contributed by atoms with van der Waals surface area (Å²) in [4.78, 5) is 29.4. The number of thiophene rings is 1. The standard InChI is InChI=1S/C16H17N3O3S/c1-2-4-13-18-15-14(16(21)19(13)7-6-12(17)20)10(9-23-15)11-5-3-8-22-11/h3,5,8-9H,2,4,6-7H2,1H3,(H2,17,20). The molecule has 7 heteroatoms. The molecule has 2 N–H and O–H groups in total. The Balaban J connectivity index is 2.20. The van der Waals surface area contributed by atoms with Gasteiger partial charge >= 0.3 is 0 Å². The lowest BCUT2D eigenvalue weighted by molar-refractivity contribution is -0.118. The molecule has 120 valence electrons. The Morgan fingerprint density at radius 1 is 1.48 bits per heavy atom. The largest absolute Gasteiger partial charge is 0.464 e. The Hall–Kier alpha value is -2.41. The molecule has 0 radical (unpaired) electrons. The summed E-state index contributed by atoms with van der Waals surface area (Å²) in [6.07, 6.45) is 3.23. The number of nitrogens with zero attached hydrogens (tertiary/aromatic N) is 2. The van der Waals surface area contributed by atoms with Gasteiger partial charge in [-0.2, -0.15) is 0 Å². The van der Waals surface area contributed by atoms with Gasteiger partial charge in [0.15, 0.2) is 0 Å². The molecule has 0 aliphatic carbocycles. The first-order valence-electron chi connectivity index (χ1n) is 7.45. The van der Waals surface area contributed by atoms with Crippen molar-refractivity contribution >= 4 is 27.5 Å². The average Bonchev–Trinajstić information content (AvgIpc) is 3.15. The molecular formula is C16H17N3O3S. The van der Waals surface area contributed by atoms with Gasteiger partial charge in [0.05, 0.1) is 11.6 Å². The zero-order valence-electron chi connectivity index (χ0n) is 12.7. The van der Waals surface area contributed by atoms with E-state index in [0.29, 0.717) is 28.2 Å². The summed E-state index contributed by atoms with van der Waals surface area (Å²) in [5.41, 5.74) is 5.82. The Morgan fingerprint density at radius 2 is 2.30 bits per heavy atom. The molecule has 0 aliphatic heterocycles. The lowest BCUT2D eigenvalue weighted by Gasteiger charge is -2.11. The van der Waals surface area contributed by atoms with Gasteiger partial charge in [-0.05, 0) is 18.6 Å². The second-order valence-corrected chi connectivity index (χ2v) is 6.12. The second-order valence-electron chi connectivity index (χ2n) is 5.26. The summed E-state index contributed by atoms with van der Waals surface area (Å²) in [5.74, 6) is 0.898. The highest BCUT2D eigenvalue weighted by Gasteiger charge is 2.18. The fourth-order valence-corrected chi connectivity index (χ4v) is 3.48. The minimum absolute atomic E-state index is 0.115. The zero-order chi connectivity index (χ0) is 16.4. The number of primary amides is 1. The van der Waals surface area contributed by atoms with Crippen LogP contribution >= 0.6 is 11.3 Å². The van der Waals surface area contributed by atoms with E-state index in [9.17, 15) is 9.59 Å². The SMILES string of the molecule is CCCc1nc2scc(-c3ccco3)c2c(=O)n1CCC(N)=O. The van der Waals surface area contributed by atoms with Crippen LogP contribution in [0.2, 0.25) is 0 Å². The molecule has 3 rings (SSSR count). The van der Waals surface area contributed by atoms with E-state index in [4.69, 9.17) is 10.2 Å². The molecule has 3 aromatic heterocycles. The third kappa shape index (κ3) is 2.92. The van der Waals surface area contributed by atoms with Crippen LogP contribution < -0.4 is 11.3 Å². The van der Waals surface area contributed by atoms with Crippen LogP contribution in [0.1, 0.15) is 25.6 Å². The van der Waals surface area contributed by atoms with Gasteiger partial charge in [-0.3, -0.25) is 14.2 Å². The van der Waals surface area contributed by atoms with Crippen molar-refractivity contribution in [1.29, 1.82) is 0 Å². The summed E-state index contributed by atoms with van der Waals surface area (Å²) in [6, 6.07) is 3.60. The van der Waals surface area contributed by atoms with Gasteiger partial charge in [-0.1, -0.05) is 6.92 Å². The van der Waals surface area contributed by atoms with E-state index in [0.717, 1.165) is 12.0 Å². The Labute approximate surface area is 136 Å². The zero-order valence-corrected chi connectivity index (χ0v) is 13.6. The number of furan rings is 1. The average molecular weight is 331 g/mol. The summed E-state index contributed by atoms with van der Waals surface area (Å²) >= 11 is 1.42. The van der Waals surface area contributed by atoms with Crippen LogP contribution in [0.4, 0.5) is 0 Å². The Bertz CT molecular complexity index is 893. The summed E-state index contributed by atoms with van der Waals surface area (Å²) in [5, 5.41) is 2.42. The normalized spacial score (nSPS) is 11.2. The number of aryl methyl sites for hydroxylation is 1. The highest BCUT2D eigenvalue weighted by molar-refractivity contribution is 7.17. The molecule has 0 unspecified atom stereocenters. The molecular weight excluding hydrogens is 314 g/mol. The van der Waals surface area contributed by atoms with E-state index in [1.54, 1.807) is 16.9 Å². The number of hydrogen-bond donors (Lipinski definition) is 1. The molecule has 0 fully saturated rings. The number of carbonyl (C=O) groups excluding carboxylic acids is 1. The van der Waals surface area contributed by atoms with E-state index in [1.807, 2.05) is 18.4 Å². The second kappa shape index (κ2) is 6.37. The molecule has 1 amide bonds. The molecule has 6 nitrogen and oxygen atoms in total. The molecule has 0 aromatic carbocycles. The first kappa shape index (κ1) is 15.5. The smallest absolute Gasteiger partial charge is 0.263 e. The third-order valence-electron chi connectivity index (χ3n) is 3.61. The fraction of sp³-hybridized carbons (Fsp3) is 0.312. The number of nitrogens with two attached hydrogens (primary N) is 1. The highest BCUT2D eigenvalue weighted by Crippen LogP contribution is 2.31. The molecule has 23 heavy (non-hydrogen) atoms. The number of amides is 1. The topological polar surface area (TPSA) is 91.1 Å². The maximum atomic E-state index is 12.9. The van der Waals surface area contributed by atoms with Crippen molar-refractivity contribution in [2.24, 2.45) is 5.73 Å². The first-order valence-corrected chi connectivity index (χ1v) is 8.33. The van der Waals surface area contributed by atoms with E-state index >= 15 is 0 Å². The van der Waals surface area contributed by atoms with Gasteiger partial charge in [0.2, 0.25) is 5.91 Å². The minimum atomic E-state index is -0.434. The predicted molar refractivity (Wildman–Crippen MR) is 89.4 cm³/mol. The summed E-state index contributed by atoms with van der Waals surface area (Å²) in [6.45, 7) is 2.28. The predicted octanol–water partition coefficient (Wildman–Crippen LogP) is 2.55. The van der Waals surface area contributed by atoms with Crippen LogP contribution in [0, 0.1) is 0 Å². The van der Waals surface area contributed by atoms with E-state index in [-0.39, 0.29) is 18.5 Å². The van der Waals surface area contributed by atoms with Crippen molar-refractivity contribution in [2.45, 2.75) is 32.7 Å². The molecule has 3 heterocycles. The van der Waals surface area contributed by atoms with Gasteiger partial charge in [0.25, 0.3) is 5.56 Å². The van der Waals surface area contributed by atoms with Gasteiger partial charge in [-0.25, -0.2) is 4.98 Å². The van der Waals surface area contributed by atoms with Gasteiger partial charge in [0.1, 0.15) is 16.4 Å². The van der Waals surface area contributed by atoms with Crippen LogP contribution in [0.25, 0.3) is 21.5 Å². The lowest BCUT2D eigenvalue weighted by atomic mass is 10.2. The number of fused-ring (bicyclic) bond motifs is 1. The van der Waals surface area contributed by atoms with Crippen molar-refractivity contribution in [3.05, 3.63) is 40.0 Å². The molecule has 0 spiro atoms. The van der Waals surface area contributed by atoms with Crippen molar-refractivity contribution < 1.29 is 9.21 Å². The molecule has 0 bridgehead atoms. The first-order chi connectivity index (χ1) is 11.1. The maximum Gasteiger partial charge on any atom is 0.263 e. The fourth-order valence-electron chi connectivity index (χ4n) is 2.55. The number of rotatable bonds is 6. The summed E-state index contributed by atoms with van der Waals surface area (Å²) in [7, 11) is 0. The van der Waals surface area contributed by atoms with Crippen molar-refractivity contribution in [2.75, 3.05) is 0 Å². The Kier molecular flexibility index (Phi) is 4.29. The van der Waals surface area contributed by atoms with Crippen molar-refractivity contribution in [3.8, 4) is 11.3 Å². The van der Waals surface area contributed by atoms with Crippen LogP contribution in [0.15, 0.2) is 33.0 Å².